The van der Waals surface area contributed by atoms with Crippen molar-refractivity contribution >= 4 is 21.4 Å². The molecule has 0 N–H and O–H groups in total. The molecule has 0 unspecified atom stereocenters. The first kappa shape index (κ1) is 23.5. The van der Waals surface area contributed by atoms with Crippen LogP contribution in [0.3, 0.4) is 0 Å². The molecule has 1 aromatic carbocycles. The summed E-state index contributed by atoms with van der Waals surface area (Å²) in [7, 11) is -3.47. The van der Waals surface area contributed by atoms with E-state index in [-0.39, 0.29) is 6.10 Å². The van der Waals surface area contributed by atoms with Gasteiger partial charge in [0.15, 0.2) is 0 Å². The van der Waals surface area contributed by atoms with E-state index in [1.54, 1.807) is 34.8 Å². The molecule has 176 valence electrons. The zero-order valence-electron chi connectivity index (χ0n) is 18.9. The van der Waals surface area contributed by atoms with Crippen LogP contribution in [0.15, 0.2) is 40.7 Å². The third kappa shape index (κ3) is 5.81. The molecular weight excluding hydrogens is 446 g/mol. The summed E-state index contributed by atoms with van der Waals surface area (Å²) in [5.41, 5.74) is 0. The number of sulfonamides is 1. The standard InChI is InChI=1S/C23H33N3O4S2/c1-18(2)17-29-20-3-5-22(6-4-20)32(27,28)26-14-7-19(8-15-26)25-12-9-21(10-13-25)30-23-24-11-16-31-23/h3-6,11,16,18-19,21H,7-10,12-15,17H2,1-2H3. The Bertz CT molecular complexity index is 932. The van der Waals surface area contributed by atoms with E-state index in [2.05, 4.69) is 23.7 Å². The zero-order chi connectivity index (χ0) is 22.6. The maximum Gasteiger partial charge on any atom is 0.273 e. The SMILES string of the molecule is CC(C)COc1ccc(S(=O)(=O)N2CCC(N3CCC(Oc4nccs4)CC3)CC2)cc1. The first-order valence-electron chi connectivity index (χ1n) is 11.4. The van der Waals surface area contributed by atoms with E-state index in [0.29, 0.717) is 42.3 Å². The van der Waals surface area contributed by atoms with Gasteiger partial charge in [-0.25, -0.2) is 13.4 Å². The largest absolute Gasteiger partial charge is 0.493 e. The van der Waals surface area contributed by atoms with Crippen molar-refractivity contribution in [3.05, 3.63) is 35.8 Å². The van der Waals surface area contributed by atoms with E-state index in [9.17, 15) is 8.42 Å². The predicted octanol–water partition coefficient (Wildman–Crippen LogP) is 3.87. The molecule has 7 nitrogen and oxygen atoms in total. The monoisotopic (exact) mass is 479 g/mol. The second-order valence-electron chi connectivity index (χ2n) is 8.96. The first-order valence-corrected chi connectivity index (χ1v) is 13.8. The maximum absolute atomic E-state index is 13.1. The summed E-state index contributed by atoms with van der Waals surface area (Å²) in [6.07, 6.45) is 5.71. The average Bonchev–Trinajstić information content (AvgIpc) is 3.32. The Morgan fingerprint density at radius 2 is 1.75 bits per heavy atom. The van der Waals surface area contributed by atoms with Gasteiger partial charge in [0, 0.05) is 43.8 Å². The molecule has 3 heterocycles. The molecule has 1 aromatic heterocycles. The van der Waals surface area contributed by atoms with Crippen molar-refractivity contribution in [1.82, 2.24) is 14.2 Å². The van der Waals surface area contributed by atoms with E-state index < -0.39 is 10.0 Å². The number of aromatic nitrogens is 1. The lowest BCUT2D eigenvalue weighted by Gasteiger charge is -2.41. The van der Waals surface area contributed by atoms with Crippen molar-refractivity contribution in [1.29, 1.82) is 0 Å². The molecular formula is C23H33N3O4S2. The van der Waals surface area contributed by atoms with Gasteiger partial charge in [0.25, 0.3) is 5.19 Å². The fourth-order valence-corrected chi connectivity index (χ4v) is 6.36. The first-order chi connectivity index (χ1) is 15.4. The zero-order valence-corrected chi connectivity index (χ0v) is 20.5. The minimum Gasteiger partial charge on any atom is -0.493 e. The van der Waals surface area contributed by atoms with Crippen molar-refractivity contribution in [2.75, 3.05) is 32.8 Å². The highest BCUT2D eigenvalue weighted by atomic mass is 32.2. The summed E-state index contributed by atoms with van der Waals surface area (Å²) in [6, 6.07) is 7.25. The molecule has 4 rings (SSSR count). The van der Waals surface area contributed by atoms with Crippen LogP contribution in [0.2, 0.25) is 0 Å². The third-order valence-corrected chi connectivity index (χ3v) is 8.71. The molecule has 2 fully saturated rings. The third-order valence-electron chi connectivity index (χ3n) is 6.14. The topological polar surface area (TPSA) is 72.0 Å². The van der Waals surface area contributed by atoms with Gasteiger partial charge in [0.05, 0.1) is 11.5 Å². The molecule has 2 aliphatic rings. The predicted molar refractivity (Wildman–Crippen MR) is 126 cm³/mol. The van der Waals surface area contributed by atoms with Gasteiger partial charge in [0.2, 0.25) is 10.0 Å². The summed E-state index contributed by atoms with van der Waals surface area (Å²) in [5, 5.41) is 2.68. The summed E-state index contributed by atoms with van der Waals surface area (Å²) >= 11 is 1.53. The van der Waals surface area contributed by atoms with Gasteiger partial charge >= 0.3 is 0 Å². The molecule has 0 bridgehead atoms. The van der Waals surface area contributed by atoms with Crippen LogP contribution in [0.5, 0.6) is 10.9 Å². The van der Waals surface area contributed by atoms with E-state index in [1.165, 1.54) is 11.3 Å². The lowest BCUT2D eigenvalue weighted by atomic mass is 10.00. The number of rotatable bonds is 8. The Kier molecular flexibility index (Phi) is 7.70. The molecule has 32 heavy (non-hydrogen) atoms. The normalized spacial score (nSPS) is 20.0. The number of piperidine rings is 2. The molecule has 2 aliphatic heterocycles. The summed E-state index contributed by atoms with van der Waals surface area (Å²) in [6.45, 7) is 7.90. The van der Waals surface area contributed by atoms with Crippen molar-refractivity contribution in [3.63, 3.8) is 0 Å². The van der Waals surface area contributed by atoms with Crippen molar-refractivity contribution in [3.8, 4) is 10.9 Å². The molecule has 0 spiro atoms. The molecule has 0 radical (unpaired) electrons. The lowest BCUT2D eigenvalue weighted by molar-refractivity contribution is 0.0584. The second-order valence-corrected chi connectivity index (χ2v) is 11.8. The molecule has 9 heteroatoms. The molecule has 2 aromatic rings. The van der Waals surface area contributed by atoms with E-state index in [0.717, 1.165) is 44.0 Å². The quantitative estimate of drug-likeness (QED) is 0.572. The van der Waals surface area contributed by atoms with Crippen LogP contribution >= 0.6 is 11.3 Å². The average molecular weight is 480 g/mol. The fourth-order valence-electron chi connectivity index (χ4n) is 4.34. The number of hydrogen-bond acceptors (Lipinski definition) is 7. The lowest BCUT2D eigenvalue weighted by Crippen LogP contribution is -2.50. The fraction of sp³-hybridized carbons (Fsp3) is 0.609. The minimum absolute atomic E-state index is 0.227. The Balaban J connectivity index is 1.26. The smallest absolute Gasteiger partial charge is 0.273 e. The van der Waals surface area contributed by atoms with Gasteiger partial charge in [0.1, 0.15) is 11.9 Å². The molecule has 2 saturated heterocycles. The number of likely N-dealkylation sites (tertiary alicyclic amines) is 1. The van der Waals surface area contributed by atoms with Crippen LogP contribution in [-0.2, 0) is 10.0 Å². The van der Waals surface area contributed by atoms with Crippen molar-refractivity contribution in [2.24, 2.45) is 5.92 Å². The highest BCUT2D eigenvalue weighted by Gasteiger charge is 2.33. The minimum atomic E-state index is -3.47. The Labute approximate surface area is 195 Å². The summed E-state index contributed by atoms with van der Waals surface area (Å²) in [5.74, 6) is 1.13. The maximum atomic E-state index is 13.1. The van der Waals surface area contributed by atoms with Crippen LogP contribution in [0.1, 0.15) is 39.5 Å². The van der Waals surface area contributed by atoms with Gasteiger partial charge in [-0.15, -0.1) is 0 Å². The molecule has 0 amide bonds. The number of nitrogens with zero attached hydrogens (tertiary/aromatic N) is 3. The van der Waals surface area contributed by atoms with Gasteiger partial charge in [-0.1, -0.05) is 25.2 Å². The molecule has 0 aliphatic carbocycles. The van der Waals surface area contributed by atoms with Gasteiger partial charge in [-0.05, 0) is 55.9 Å². The summed E-state index contributed by atoms with van der Waals surface area (Å²) < 4.78 is 39.4. The van der Waals surface area contributed by atoms with Crippen molar-refractivity contribution < 1.29 is 17.9 Å². The van der Waals surface area contributed by atoms with E-state index in [4.69, 9.17) is 9.47 Å². The van der Waals surface area contributed by atoms with Crippen LogP contribution < -0.4 is 9.47 Å². The number of hydrogen-bond donors (Lipinski definition) is 0. The van der Waals surface area contributed by atoms with Crippen LogP contribution in [0, 0.1) is 5.92 Å². The summed E-state index contributed by atoms with van der Waals surface area (Å²) in [4.78, 5) is 7.06. The molecule has 0 atom stereocenters. The second kappa shape index (κ2) is 10.5. The number of thiazole rings is 1. The van der Waals surface area contributed by atoms with Gasteiger partial charge < -0.3 is 14.4 Å². The van der Waals surface area contributed by atoms with E-state index >= 15 is 0 Å². The van der Waals surface area contributed by atoms with Gasteiger partial charge in [-0.2, -0.15) is 4.31 Å². The van der Waals surface area contributed by atoms with Crippen LogP contribution in [-0.4, -0.2) is 67.5 Å². The number of benzene rings is 1. The Hall–Kier alpha value is -1.68. The van der Waals surface area contributed by atoms with Crippen LogP contribution in [0.4, 0.5) is 0 Å². The highest BCUT2D eigenvalue weighted by molar-refractivity contribution is 7.89. The molecule has 0 saturated carbocycles. The number of ether oxygens (including phenoxy) is 2. The van der Waals surface area contributed by atoms with E-state index in [1.807, 2.05) is 5.38 Å². The Morgan fingerprint density at radius 3 is 2.34 bits per heavy atom. The Morgan fingerprint density at radius 1 is 1.06 bits per heavy atom. The van der Waals surface area contributed by atoms with Gasteiger partial charge in [-0.3, -0.25) is 0 Å². The van der Waals surface area contributed by atoms with Crippen LogP contribution in [0.25, 0.3) is 0 Å². The van der Waals surface area contributed by atoms with Crippen molar-refractivity contribution in [2.45, 2.75) is 56.6 Å². The highest BCUT2D eigenvalue weighted by Crippen LogP contribution is 2.27.